The topological polar surface area (TPSA) is 88.4 Å². The fraction of sp³-hybridized carbons (Fsp3) is 0.333. The molecule has 22 heavy (non-hydrogen) atoms. The maximum Gasteiger partial charge on any atom is 0.261 e. The number of Topliss-reactive ketones (excluding diaryl/α,β-unsaturated/α-hetero) is 1. The Kier molecular flexibility index (Phi) is 4.08. The molecule has 1 amide bonds. The summed E-state index contributed by atoms with van der Waals surface area (Å²) in [5.41, 5.74) is 1.32. The largest absolute Gasteiger partial charge is 0.341 e. The first-order valence-electron chi connectivity index (χ1n) is 7.06. The van der Waals surface area contributed by atoms with Crippen LogP contribution in [-0.4, -0.2) is 25.0 Å². The number of fused-ring (bicyclic) bond motifs is 1. The molecule has 0 saturated carbocycles. The minimum Gasteiger partial charge on any atom is -0.341 e. The third-order valence-electron chi connectivity index (χ3n) is 4.09. The zero-order valence-corrected chi connectivity index (χ0v) is 12.6. The highest BCUT2D eigenvalue weighted by Crippen LogP contribution is 2.32. The van der Waals surface area contributed by atoms with Crippen LogP contribution in [0, 0.1) is 5.92 Å². The number of amides is 1. The van der Waals surface area contributed by atoms with Gasteiger partial charge < -0.3 is 4.57 Å². The van der Waals surface area contributed by atoms with Crippen molar-refractivity contribution >= 4 is 23.0 Å². The summed E-state index contributed by atoms with van der Waals surface area (Å²) in [5.74, 6) is -1.10. The molecule has 6 nitrogen and oxygen atoms in total. The van der Waals surface area contributed by atoms with Crippen LogP contribution in [-0.2, 0) is 22.6 Å². The molecule has 2 unspecified atom stereocenters. The predicted molar refractivity (Wildman–Crippen MR) is 81.4 cm³/mol. The van der Waals surface area contributed by atoms with Gasteiger partial charge >= 0.3 is 0 Å². The molecule has 0 radical (unpaired) electrons. The molecule has 0 saturated heterocycles. The van der Waals surface area contributed by atoms with E-state index in [4.69, 9.17) is 4.55 Å². The lowest BCUT2D eigenvalue weighted by molar-refractivity contribution is -0.120. The van der Waals surface area contributed by atoms with Crippen LogP contribution in [0.1, 0.15) is 34.9 Å². The fourth-order valence-corrected chi connectivity index (χ4v) is 3.36. The average Bonchev–Trinajstić information content (AvgIpc) is 3.08. The minimum absolute atomic E-state index is 0.0404. The van der Waals surface area contributed by atoms with Crippen molar-refractivity contribution in [3.63, 3.8) is 0 Å². The first kappa shape index (κ1) is 14.9. The van der Waals surface area contributed by atoms with E-state index in [2.05, 4.69) is 0 Å². The van der Waals surface area contributed by atoms with Crippen molar-refractivity contribution in [1.29, 1.82) is 0 Å². The minimum atomic E-state index is -2.37. The van der Waals surface area contributed by atoms with Crippen molar-refractivity contribution in [1.82, 2.24) is 9.29 Å². The molecular weight excluding hydrogens is 304 g/mol. The number of rotatable bonds is 4. The Hall–Kier alpha value is -1.99. The molecule has 2 heterocycles. The second-order valence-corrected chi connectivity index (χ2v) is 6.07. The van der Waals surface area contributed by atoms with Gasteiger partial charge in [-0.2, -0.15) is 0 Å². The van der Waals surface area contributed by atoms with Crippen LogP contribution >= 0.6 is 0 Å². The summed E-state index contributed by atoms with van der Waals surface area (Å²) < 4.78 is 23.3. The van der Waals surface area contributed by atoms with E-state index in [1.165, 1.54) is 0 Å². The molecule has 1 aliphatic carbocycles. The van der Waals surface area contributed by atoms with Crippen LogP contribution in [0.4, 0.5) is 0 Å². The number of allylic oxidation sites excluding steroid dienone is 4. The smallest absolute Gasteiger partial charge is 0.261 e. The van der Waals surface area contributed by atoms with Gasteiger partial charge in [0.25, 0.3) is 11.3 Å². The maximum absolute atomic E-state index is 12.6. The van der Waals surface area contributed by atoms with E-state index in [9.17, 15) is 13.8 Å². The van der Waals surface area contributed by atoms with Gasteiger partial charge in [0.1, 0.15) is 0 Å². The lowest BCUT2D eigenvalue weighted by Gasteiger charge is -2.13. The Morgan fingerprint density at radius 1 is 1.32 bits per heavy atom. The summed E-state index contributed by atoms with van der Waals surface area (Å²) in [7, 11) is 0. The van der Waals surface area contributed by atoms with E-state index in [0.717, 1.165) is 5.69 Å². The molecule has 2 N–H and O–H groups in total. The SMILES string of the molecule is O=C(NS(=O)O)C1CCn2c(C(=O)[C@H]3C=CC=CC3)ccc21. The molecule has 3 atom stereocenters. The molecule has 116 valence electrons. The van der Waals surface area contributed by atoms with E-state index >= 15 is 0 Å². The number of aromatic nitrogens is 1. The van der Waals surface area contributed by atoms with Crippen molar-refractivity contribution < 1.29 is 18.4 Å². The van der Waals surface area contributed by atoms with Gasteiger partial charge in [-0.1, -0.05) is 24.3 Å². The lowest BCUT2D eigenvalue weighted by Crippen LogP contribution is -2.29. The molecule has 0 spiro atoms. The Labute approximate surface area is 130 Å². The van der Waals surface area contributed by atoms with Gasteiger partial charge in [0.15, 0.2) is 5.78 Å². The molecule has 1 aliphatic heterocycles. The molecule has 2 aliphatic rings. The number of ketones is 1. The summed E-state index contributed by atoms with van der Waals surface area (Å²) in [6, 6.07) is 3.49. The standard InChI is InChI=1S/C15H16N2O4S/c18-14(10-4-2-1-3-5-10)13-7-6-12-11(8-9-17(12)13)15(19)16-22(20)21/h1-4,6-7,10-11H,5,8-9H2,(H,16,19)(H,20,21)/t10-,11?/m0/s1. The van der Waals surface area contributed by atoms with Gasteiger partial charge in [-0.3, -0.25) is 18.9 Å². The van der Waals surface area contributed by atoms with E-state index in [1.807, 2.05) is 33.6 Å². The molecule has 0 fully saturated rings. The first-order chi connectivity index (χ1) is 10.6. The first-order valence-corrected chi connectivity index (χ1v) is 8.17. The highest BCUT2D eigenvalue weighted by Gasteiger charge is 2.33. The molecule has 1 aromatic rings. The summed E-state index contributed by atoms with van der Waals surface area (Å²) in [6.45, 7) is 0.561. The maximum atomic E-state index is 12.6. The summed E-state index contributed by atoms with van der Waals surface area (Å²) >= 11 is -2.37. The zero-order valence-electron chi connectivity index (χ0n) is 11.8. The molecule has 3 rings (SSSR count). The zero-order chi connectivity index (χ0) is 15.7. The molecule has 0 aromatic carbocycles. The van der Waals surface area contributed by atoms with Gasteiger partial charge in [0, 0.05) is 18.2 Å². The van der Waals surface area contributed by atoms with Crippen molar-refractivity contribution in [2.45, 2.75) is 25.3 Å². The highest BCUT2D eigenvalue weighted by molar-refractivity contribution is 7.77. The Morgan fingerprint density at radius 3 is 2.82 bits per heavy atom. The Bertz CT molecular complexity index is 704. The molecular formula is C15H16N2O4S. The number of nitrogens with zero attached hydrogens (tertiary/aromatic N) is 1. The van der Waals surface area contributed by atoms with Crippen LogP contribution in [0.3, 0.4) is 0 Å². The summed E-state index contributed by atoms with van der Waals surface area (Å²) in [4.78, 5) is 24.5. The van der Waals surface area contributed by atoms with Crippen molar-refractivity contribution in [2.24, 2.45) is 5.92 Å². The quantitative estimate of drug-likeness (QED) is 0.651. The fourth-order valence-electron chi connectivity index (χ4n) is 3.05. The number of nitrogens with one attached hydrogen (secondary N) is 1. The molecule has 0 bridgehead atoms. The van der Waals surface area contributed by atoms with Crippen LogP contribution in [0.25, 0.3) is 0 Å². The van der Waals surface area contributed by atoms with E-state index in [1.54, 1.807) is 12.1 Å². The van der Waals surface area contributed by atoms with Gasteiger partial charge in [-0.05, 0) is 25.0 Å². The van der Waals surface area contributed by atoms with Crippen LogP contribution in [0.15, 0.2) is 36.4 Å². The predicted octanol–water partition coefficient (Wildman–Crippen LogP) is 1.54. The number of hydrogen-bond donors (Lipinski definition) is 2. The number of carbonyl (C=O) groups is 2. The summed E-state index contributed by atoms with van der Waals surface area (Å²) in [6.07, 6.45) is 8.84. The van der Waals surface area contributed by atoms with Crippen molar-refractivity contribution in [3.05, 3.63) is 47.8 Å². The second-order valence-electron chi connectivity index (χ2n) is 5.37. The van der Waals surface area contributed by atoms with Crippen molar-refractivity contribution in [3.8, 4) is 0 Å². The Morgan fingerprint density at radius 2 is 2.14 bits per heavy atom. The van der Waals surface area contributed by atoms with E-state index in [0.29, 0.717) is 25.1 Å². The van der Waals surface area contributed by atoms with Gasteiger partial charge in [-0.25, -0.2) is 4.21 Å². The van der Waals surface area contributed by atoms with E-state index in [-0.39, 0.29) is 11.7 Å². The third-order valence-corrected chi connectivity index (χ3v) is 4.46. The van der Waals surface area contributed by atoms with Gasteiger partial charge in [-0.15, -0.1) is 0 Å². The molecule has 1 aromatic heterocycles. The van der Waals surface area contributed by atoms with E-state index < -0.39 is 23.1 Å². The second kappa shape index (κ2) is 6.02. The van der Waals surface area contributed by atoms with Crippen LogP contribution < -0.4 is 4.72 Å². The number of carbonyl (C=O) groups excluding carboxylic acids is 2. The number of hydrogen-bond acceptors (Lipinski definition) is 3. The molecule has 7 heteroatoms. The summed E-state index contributed by atoms with van der Waals surface area (Å²) in [5, 5.41) is 0. The monoisotopic (exact) mass is 320 g/mol. The highest BCUT2D eigenvalue weighted by atomic mass is 32.2. The van der Waals surface area contributed by atoms with Gasteiger partial charge in [0.05, 0.1) is 11.6 Å². The normalized spacial score (nSPS) is 24.0. The van der Waals surface area contributed by atoms with Gasteiger partial charge in [0.2, 0.25) is 5.91 Å². The third kappa shape index (κ3) is 2.69. The van der Waals surface area contributed by atoms with Crippen molar-refractivity contribution in [2.75, 3.05) is 0 Å². The van der Waals surface area contributed by atoms with Crippen LogP contribution in [0.5, 0.6) is 0 Å². The average molecular weight is 320 g/mol. The lowest BCUT2D eigenvalue weighted by atomic mass is 9.94. The Balaban J connectivity index is 1.82. The van der Waals surface area contributed by atoms with Crippen LogP contribution in [0.2, 0.25) is 0 Å².